The van der Waals surface area contributed by atoms with Gasteiger partial charge in [-0.15, -0.1) is 0 Å². The Morgan fingerprint density at radius 1 is 1.31 bits per heavy atom. The van der Waals surface area contributed by atoms with Gasteiger partial charge in [-0.2, -0.15) is 5.26 Å². The van der Waals surface area contributed by atoms with E-state index in [9.17, 15) is 9.59 Å². The first-order valence-electron chi connectivity index (χ1n) is 11.4. The number of rotatable bonds is 9. The maximum Gasteiger partial charge on any atom is 0.329 e. The standard InChI is InChI=1S/C23H30FN5O3/c1-3-27(10-4-9-25)11-7-15-8-12-28(14-15)20-18(24)13-17-19(21(20)32-2)29(16-5-6-16)23(31)26-22(17)30/h13,15-16H,3-8,10-12,14H2,1-2H3,(H,26,30,31). The zero-order chi connectivity index (χ0) is 22.8. The molecule has 0 amide bonds. The average Bonchev–Trinajstić information content (AvgIpc) is 3.50. The average molecular weight is 444 g/mol. The summed E-state index contributed by atoms with van der Waals surface area (Å²) < 4.78 is 22.5. The Morgan fingerprint density at radius 2 is 2.09 bits per heavy atom. The van der Waals surface area contributed by atoms with Crippen LogP contribution >= 0.6 is 0 Å². The molecule has 4 rings (SSSR count). The highest BCUT2D eigenvalue weighted by Gasteiger charge is 2.33. The number of nitriles is 1. The summed E-state index contributed by atoms with van der Waals surface area (Å²) in [5, 5.41) is 8.96. The lowest BCUT2D eigenvalue weighted by Gasteiger charge is -2.25. The fourth-order valence-corrected chi connectivity index (χ4v) is 4.79. The van der Waals surface area contributed by atoms with Crippen molar-refractivity contribution in [3.63, 3.8) is 0 Å². The van der Waals surface area contributed by atoms with Gasteiger partial charge in [-0.25, -0.2) is 9.18 Å². The van der Waals surface area contributed by atoms with Gasteiger partial charge < -0.3 is 14.5 Å². The van der Waals surface area contributed by atoms with E-state index in [1.165, 1.54) is 13.2 Å². The summed E-state index contributed by atoms with van der Waals surface area (Å²) >= 11 is 0. The zero-order valence-electron chi connectivity index (χ0n) is 18.7. The van der Waals surface area contributed by atoms with E-state index in [1.54, 1.807) is 4.57 Å². The Labute approximate surface area is 186 Å². The number of aromatic nitrogens is 2. The molecule has 1 aliphatic carbocycles. The molecule has 8 nitrogen and oxygen atoms in total. The van der Waals surface area contributed by atoms with Gasteiger partial charge in [0.05, 0.1) is 18.6 Å². The van der Waals surface area contributed by atoms with Crippen LogP contribution in [0.1, 0.15) is 45.1 Å². The third-order valence-corrected chi connectivity index (χ3v) is 6.67. The largest absolute Gasteiger partial charge is 0.492 e. The Morgan fingerprint density at radius 3 is 2.75 bits per heavy atom. The number of hydrogen-bond donors (Lipinski definition) is 1. The number of aromatic amines is 1. The molecule has 2 aliphatic rings. The van der Waals surface area contributed by atoms with Crippen LogP contribution in [-0.4, -0.2) is 54.3 Å². The minimum absolute atomic E-state index is 0.00817. The van der Waals surface area contributed by atoms with Gasteiger partial charge in [0, 0.05) is 32.1 Å². The van der Waals surface area contributed by atoms with Crippen molar-refractivity contribution in [2.75, 3.05) is 44.7 Å². The molecular formula is C23H30FN5O3. The van der Waals surface area contributed by atoms with Crippen LogP contribution in [0.5, 0.6) is 5.75 Å². The first kappa shape index (κ1) is 22.3. The van der Waals surface area contributed by atoms with Crippen molar-refractivity contribution in [1.29, 1.82) is 5.26 Å². The van der Waals surface area contributed by atoms with Crippen LogP contribution in [0.4, 0.5) is 10.1 Å². The third-order valence-electron chi connectivity index (χ3n) is 6.67. The summed E-state index contributed by atoms with van der Waals surface area (Å²) in [6.45, 7) is 6.04. The summed E-state index contributed by atoms with van der Waals surface area (Å²) in [4.78, 5) is 31.5. The molecule has 2 fully saturated rings. The molecule has 1 N–H and O–H groups in total. The minimum atomic E-state index is -0.595. The van der Waals surface area contributed by atoms with E-state index in [0.717, 1.165) is 45.3 Å². The summed E-state index contributed by atoms with van der Waals surface area (Å²) in [6, 6.07) is 3.44. The van der Waals surface area contributed by atoms with E-state index < -0.39 is 17.1 Å². The van der Waals surface area contributed by atoms with E-state index in [0.29, 0.717) is 36.6 Å². The van der Waals surface area contributed by atoms with Crippen LogP contribution in [0, 0.1) is 23.1 Å². The molecule has 1 saturated heterocycles. The quantitative estimate of drug-likeness (QED) is 0.640. The van der Waals surface area contributed by atoms with E-state index in [-0.39, 0.29) is 17.2 Å². The van der Waals surface area contributed by atoms with Gasteiger partial charge in [-0.1, -0.05) is 6.92 Å². The monoisotopic (exact) mass is 443 g/mol. The lowest BCUT2D eigenvalue weighted by molar-refractivity contribution is 0.272. The van der Waals surface area contributed by atoms with Crippen LogP contribution in [0.25, 0.3) is 10.9 Å². The topological polar surface area (TPSA) is 94.4 Å². The van der Waals surface area contributed by atoms with Crippen LogP contribution < -0.4 is 20.9 Å². The molecule has 0 spiro atoms. The first-order valence-corrected chi connectivity index (χ1v) is 11.4. The summed E-state index contributed by atoms with van der Waals surface area (Å²) in [6.07, 6.45) is 4.12. The highest BCUT2D eigenvalue weighted by atomic mass is 19.1. The SMILES string of the molecule is CCN(CCC#N)CCC1CCN(c2c(F)cc3c(=O)[nH]c(=O)n(C4CC4)c3c2OC)C1. The van der Waals surface area contributed by atoms with Crippen molar-refractivity contribution in [2.45, 2.75) is 45.1 Å². The van der Waals surface area contributed by atoms with Crippen LogP contribution in [0.2, 0.25) is 0 Å². The maximum atomic E-state index is 15.3. The van der Waals surface area contributed by atoms with Gasteiger partial charge in [0.2, 0.25) is 0 Å². The normalized spacial score (nSPS) is 18.5. The van der Waals surface area contributed by atoms with Crippen LogP contribution in [0.15, 0.2) is 15.7 Å². The maximum absolute atomic E-state index is 15.3. The molecule has 1 atom stereocenters. The van der Waals surface area contributed by atoms with Gasteiger partial charge in [0.15, 0.2) is 11.6 Å². The fourth-order valence-electron chi connectivity index (χ4n) is 4.79. The van der Waals surface area contributed by atoms with Gasteiger partial charge in [0.1, 0.15) is 11.2 Å². The number of nitrogens with zero attached hydrogens (tertiary/aromatic N) is 4. The molecular weight excluding hydrogens is 413 g/mol. The number of fused-ring (bicyclic) bond motifs is 1. The zero-order valence-corrected chi connectivity index (χ0v) is 18.7. The molecule has 0 bridgehead atoms. The van der Waals surface area contributed by atoms with E-state index >= 15 is 4.39 Å². The van der Waals surface area contributed by atoms with Crippen molar-refractivity contribution in [3.05, 3.63) is 32.7 Å². The Bertz CT molecular complexity index is 1150. The minimum Gasteiger partial charge on any atom is -0.492 e. The van der Waals surface area contributed by atoms with Gasteiger partial charge in [-0.05, 0) is 50.8 Å². The number of H-pyrrole nitrogens is 1. The Kier molecular flexibility index (Phi) is 6.51. The lowest BCUT2D eigenvalue weighted by Crippen LogP contribution is -2.31. The predicted molar refractivity (Wildman–Crippen MR) is 121 cm³/mol. The van der Waals surface area contributed by atoms with Crippen LogP contribution in [-0.2, 0) is 0 Å². The number of hydrogen-bond acceptors (Lipinski definition) is 6. The molecule has 1 saturated carbocycles. The molecule has 2 heterocycles. The smallest absolute Gasteiger partial charge is 0.329 e. The number of benzene rings is 1. The van der Waals surface area contributed by atoms with Crippen molar-refractivity contribution in [2.24, 2.45) is 5.92 Å². The van der Waals surface area contributed by atoms with E-state index in [4.69, 9.17) is 10.00 Å². The van der Waals surface area contributed by atoms with Crippen molar-refractivity contribution < 1.29 is 9.13 Å². The predicted octanol–water partition coefficient (Wildman–Crippen LogP) is 2.62. The van der Waals surface area contributed by atoms with Gasteiger partial charge in [0.25, 0.3) is 5.56 Å². The second-order valence-electron chi connectivity index (χ2n) is 8.73. The first-order chi connectivity index (χ1) is 15.5. The second kappa shape index (κ2) is 9.33. The van der Waals surface area contributed by atoms with E-state index in [1.807, 2.05) is 4.90 Å². The number of halogens is 1. The van der Waals surface area contributed by atoms with Crippen molar-refractivity contribution in [1.82, 2.24) is 14.5 Å². The Hall–Kier alpha value is -2.86. The molecule has 1 aromatic carbocycles. The molecule has 1 aromatic heterocycles. The molecule has 2 aromatic rings. The lowest BCUT2D eigenvalue weighted by atomic mass is 10.0. The third kappa shape index (κ3) is 4.24. The molecule has 9 heteroatoms. The summed E-state index contributed by atoms with van der Waals surface area (Å²) in [5.41, 5.74) is -0.352. The van der Waals surface area contributed by atoms with Crippen LogP contribution in [0.3, 0.4) is 0 Å². The second-order valence-corrected chi connectivity index (χ2v) is 8.73. The highest BCUT2D eigenvalue weighted by Crippen LogP contribution is 2.43. The van der Waals surface area contributed by atoms with Crippen molar-refractivity contribution in [3.8, 4) is 11.8 Å². The summed E-state index contributed by atoms with van der Waals surface area (Å²) in [7, 11) is 1.46. The highest BCUT2D eigenvalue weighted by molar-refractivity contribution is 5.91. The molecule has 32 heavy (non-hydrogen) atoms. The molecule has 1 unspecified atom stereocenters. The fraction of sp³-hybridized carbons (Fsp3) is 0.609. The number of anilines is 1. The summed E-state index contributed by atoms with van der Waals surface area (Å²) in [5.74, 6) is 0.154. The number of nitrogens with one attached hydrogen (secondary N) is 1. The molecule has 172 valence electrons. The Balaban J connectivity index is 1.63. The van der Waals surface area contributed by atoms with Crippen molar-refractivity contribution >= 4 is 16.6 Å². The number of methoxy groups -OCH3 is 1. The molecule has 0 radical (unpaired) electrons. The van der Waals surface area contributed by atoms with Gasteiger partial charge in [-0.3, -0.25) is 14.3 Å². The van der Waals surface area contributed by atoms with E-state index in [2.05, 4.69) is 22.9 Å². The molecule has 1 aliphatic heterocycles. The number of ether oxygens (including phenoxy) is 1. The van der Waals surface area contributed by atoms with Gasteiger partial charge >= 0.3 is 5.69 Å².